The van der Waals surface area contributed by atoms with Gasteiger partial charge in [-0.3, -0.25) is 4.79 Å². The first-order valence-electron chi connectivity index (χ1n) is 8.60. The van der Waals surface area contributed by atoms with Crippen LogP contribution in [-0.4, -0.2) is 32.3 Å². The molecule has 0 unspecified atom stereocenters. The van der Waals surface area contributed by atoms with E-state index in [1.54, 1.807) is 31.4 Å². The number of hydrogen-bond acceptors (Lipinski definition) is 3. The van der Waals surface area contributed by atoms with Crippen molar-refractivity contribution in [1.82, 2.24) is 5.32 Å². The van der Waals surface area contributed by atoms with E-state index in [0.29, 0.717) is 30.0 Å². The number of methoxy groups -OCH3 is 1. The van der Waals surface area contributed by atoms with E-state index in [1.165, 1.54) is 38.2 Å². The van der Waals surface area contributed by atoms with Gasteiger partial charge in [0.15, 0.2) is 0 Å². The summed E-state index contributed by atoms with van der Waals surface area (Å²) >= 11 is 5.97. The molecule has 1 N–H and O–H groups in total. The maximum Gasteiger partial charge on any atom is 0.244 e. The van der Waals surface area contributed by atoms with Crippen molar-refractivity contribution in [3.8, 4) is 5.75 Å². The molecule has 1 aromatic rings. The van der Waals surface area contributed by atoms with Gasteiger partial charge in [0.1, 0.15) is 5.75 Å². The van der Waals surface area contributed by atoms with E-state index in [0.717, 1.165) is 12.0 Å². The molecule has 0 saturated heterocycles. The van der Waals surface area contributed by atoms with Crippen molar-refractivity contribution in [2.45, 2.75) is 44.6 Å². The summed E-state index contributed by atoms with van der Waals surface area (Å²) in [4.78, 5) is 11.9. The highest BCUT2D eigenvalue weighted by atomic mass is 35.5. The van der Waals surface area contributed by atoms with Crippen LogP contribution in [0.2, 0.25) is 5.02 Å². The molecule has 0 heterocycles. The second-order valence-corrected chi connectivity index (χ2v) is 6.43. The molecule has 0 aromatic heterocycles. The highest BCUT2D eigenvalue weighted by molar-refractivity contribution is 6.30. The van der Waals surface area contributed by atoms with Crippen molar-refractivity contribution < 1.29 is 14.3 Å². The standard InChI is InChI=1S/C19H26ClNO3/c1-23-18-10-9-16(20)14-15(18)8-11-19(22)21-12-5-13-24-17-6-3-2-4-7-17/h8-11,14,17H,2-7,12-13H2,1H3,(H,21,22). The molecule has 1 aromatic carbocycles. The molecule has 2 rings (SSSR count). The van der Waals surface area contributed by atoms with Gasteiger partial charge in [-0.1, -0.05) is 30.9 Å². The van der Waals surface area contributed by atoms with Crippen molar-refractivity contribution in [1.29, 1.82) is 0 Å². The first kappa shape index (κ1) is 18.8. The summed E-state index contributed by atoms with van der Waals surface area (Å²) in [6, 6.07) is 5.30. The maximum atomic E-state index is 11.9. The summed E-state index contributed by atoms with van der Waals surface area (Å²) in [5.74, 6) is 0.555. The van der Waals surface area contributed by atoms with Crippen LogP contribution >= 0.6 is 11.6 Å². The fourth-order valence-corrected chi connectivity index (χ4v) is 3.01. The number of amides is 1. The van der Waals surface area contributed by atoms with Crippen molar-refractivity contribution >= 4 is 23.6 Å². The number of carbonyl (C=O) groups is 1. The van der Waals surface area contributed by atoms with E-state index in [9.17, 15) is 4.79 Å². The highest BCUT2D eigenvalue weighted by Gasteiger charge is 2.12. The van der Waals surface area contributed by atoms with Gasteiger partial charge in [-0.05, 0) is 43.5 Å². The predicted molar refractivity (Wildman–Crippen MR) is 97.5 cm³/mol. The Hall–Kier alpha value is -1.52. The summed E-state index contributed by atoms with van der Waals surface area (Å²) in [6.07, 6.45) is 10.7. The molecular weight excluding hydrogens is 326 g/mol. The number of rotatable bonds is 8. The van der Waals surface area contributed by atoms with Gasteiger partial charge in [0.2, 0.25) is 5.91 Å². The fraction of sp³-hybridized carbons (Fsp3) is 0.526. The van der Waals surface area contributed by atoms with Crippen molar-refractivity contribution in [2.75, 3.05) is 20.3 Å². The third kappa shape index (κ3) is 6.54. The monoisotopic (exact) mass is 351 g/mol. The molecule has 1 aliphatic carbocycles. The van der Waals surface area contributed by atoms with Gasteiger partial charge in [-0.25, -0.2) is 0 Å². The van der Waals surface area contributed by atoms with Crippen LogP contribution in [-0.2, 0) is 9.53 Å². The van der Waals surface area contributed by atoms with Crippen LogP contribution < -0.4 is 10.1 Å². The number of ether oxygens (including phenoxy) is 2. The van der Waals surface area contributed by atoms with Crippen molar-refractivity contribution in [3.63, 3.8) is 0 Å². The SMILES string of the molecule is COc1ccc(Cl)cc1C=CC(=O)NCCCOC1CCCCC1. The number of benzene rings is 1. The zero-order chi connectivity index (χ0) is 17.2. The molecule has 1 saturated carbocycles. The maximum absolute atomic E-state index is 11.9. The summed E-state index contributed by atoms with van der Waals surface area (Å²) < 4.78 is 11.1. The Morgan fingerprint density at radius 3 is 2.88 bits per heavy atom. The zero-order valence-electron chi connectivity index (χ0n) is 14.2. The number of hydrogen-bond donors (Lipinski definition) is 1. The normalized spacial score (nSPS) is 15.6. The Morgan fingerprint density at radius 2 is 2.12 bits per heavy atom. The molecule has 5 heteroatoms. The van der Waals surface area contributed by atoms with E-state index in [1.807, 2.05) is 0 Å². The Labute approximate surface area is 149 Å². The van der Waals surface area contributed by atoms with Crippen LogP contribution in [0.1, 0.15) is 44.1 Å². The molecule has 132 valence electrons. The fourth-order valence-electron chi connectivity index (χ4n) is 2.83. The first-order chi connectivity index (χ1) is 11.7. The largest absolute Gasteiger partial charge is 0.496 e. The topological polar surface area (TPSA) is 47.6 Å². The second-order valence-electron chi connectivity index (χ2n) is 5.99. The molecule has 0 radical (unpaired) electrons. The summed E-state index contributed by atoms with van der Waals surface area (Å²) in [7, 11) is 1.59. The number of nitrogens with one attached hydrogen (secondary N) is 1. The highest BCUT2D eigenvalue weighted by Crippen LogP contribution is 2.23. The van der Waals surface area contributed by atoms with E-state index < -0.39 is 0 Å². The molecular formula is C19H26ClNO3. The quantitative estimate of drug-likeness (QED) is 0.563. The lowest BCUT2D eigenvalue weighted by Gasteiger charge is -2.21. The smallest absolute Gasteiger partial charge is 0.244 e. The van der Waals surface area contributed by atoms with Crippen LogP contribution in [0.15, 0.2) is 24.3 Å². The Kier molecular flexibility index (Phi) is 8.13. The predicted octanol–water partition coefficient (Wildman–Crippen LogP) is 4.22. The van der Waals surface area contributed by atoms with Crippen molar-refractivity contribution in [2.24, 2.45) is 0 Å². The Balaban J connectivity index is 1.66. The van der Waals surface area contributed by atoms with E-state index in [2.05, 4.69) is 5.32 Å². The van der Waals surface area contributed by atoms with Gasteiger partial charge in [-0.2, -0.15) is 0 Å². The van der Waals surface area contributed by atoms with Gasteiger partial charge in [0, 0.05) is 29.8 Å². The molecule has 0 aliphatic heterocycles. The van der Waals surface area contributed by atoms with Gasteiger partial charge < -0.3 is 14.8 Å². The molecule has 1 fully saturated rings. The summed E-state index contributed by atoms with van der Waals surface area (Å²) in [5, 5.41) is 3.47. The molecule has 0 spiro atoms. The Morgan fingerprint density at radius 1 is 1.33 bits per heavy atom. The van der Waals surface area contributed by atoms with Crippen LogP contribution in [0.4, 0.5) is 0 Å². The van der Waals surface area contributed by atoms with E-state index in [4.69, 9.17) is 21.1 Å². The first-order valence-corrected chi connectivity index (χ1v) is 8.98. The summed E-state index contributed by atoms with van der Waals surface area (Å²) in [5.41, 5.74) is 0.779. The average molecular weight is 352 g/mol. The molecule has 24 heavy (non-hydrogen) atoms. The lowest BCUT2D eigenvalue weighted by atomic mass is 9.98. The van der Waals surface area contributed by atoms with Gasteiger partial charge in [0.05, 0.1) is 13.2 Å². The van der Waals surface area contributed by atoms with Crippen molar-refractivity contribution in [3.05, 3.63) is 34.9 Å². The van der Waals surface area contributed by atoms with E-state index >= 15 is 0 Å². The lowest BCUT2D eigenvalue weighted by Crippen LogP contribution is -2.24. The zero-order valence-corrected chi connectivity index (χ0v) is 15.0. The third-order valence-electron chi connectivity index (χ3n) is 4.13. The molecule has 1 amide bonds. The van der Waals surface area contributed by atoms with Gasteiger partial charge in [-0.15, -0.1) is 0 Å². The van der Waals surface area contributed by atoms with Crippen LogP contribution in [0.5, 0.6) is 5.75 Å². The van der Waals surface area contributed by atoms with Crippen LogP contribution in [0.3, 0.4) is 0 Å². The minimum atomic E-state index is -0.130. The van der Waals surface area contributed by atoms with E-state index in [-0.39, 0.29) is 5.91 Å². The Bertz CT molecular complexity index is 554. The minimum absolute atomic E-state index is 0.130. The lowest BCUT2D eigenvalue weighted by molar-refractivity contribution is -0.116. The third-order valence-corrected chi connectivity index (χ3v) is 4.37. The molecule has 0 bridgehead atoms. The van der Waals surface area contributed by atoms with Gasteiger partial charge in [0.25, 0.3) is 0 Å². The number of carbonyl (C=O) groups excluding carboxylic acids is 1. The molecule has 4 nitrogen and oxygen atoms in total. The average Bonchev–Trinajstić information content (AvgIpc) is 2.60. The minimum Gasteiger partial charge on any atom is -0.496 e. The van der Waals surface area contributed by atoms with Gasteiger partial charge >= 0.3 is 0 Å². The van der Waals surface area contributed by atoms with Crippen LogP contribution in [0, 0.1) is 0 Å². The molecule has 0 atom stereocenters. The van der Waals surface area contributed by atoms with Crippen LogP contribution in [0.25, 0.3) is 6.08 Å². The second kappa shape index (κ2) is 10.4. The molecule has 1 aliphatic rings. The number of halogens is 1. The summed E-state index contributed by atoms with van der Waals surface area (Å²) in [6.45, 7) is 1.32.